The van der Waals surface area contributed by atoms with Gasteiger partial charge < -0.3 is 4.74 Å². The highest BCUT2D eigenvalue weighted by atomic mass is 19.1. The van der Waals surface area contributed by atoms with Crippen LogP contribution in [0.15, 0.2) is 48.5 Å². The van der Waals surface area contributed by atoms with Gasteiger partial charge in [-0.3, -0.25) is 4.79 Å². The van der Waals surface area contributed by atoms with Crippen molar-refractivity contribution in [3.8, 4) is 5.75 Å². The van der Waals surface area contributed by atoms with E-state index >= 15 is 0 Å². The minimum absolute atomic E-state index is 0.228. The quantitative estimate of drug-likeness (QED) is 0.776. The van der Waals surface area contributed by atoms with Gasteiger partial charge in [0.15, 0.2) is 12.4 Å². The predicted octanol–water partition coefficient (Wildman–Crippen LogP) is 3.23. The van der Waals surface area contributed by atoms with Crippen molar-refractivity contribution in [3.63, 3.8) is 0 Å². The number of hydrogen-bond donors (Lipinski definition) is 0. The second-order valence-electron chi connectivity index (χ2n) is 3.68. The Labute approximate surface area is 103 Å². The monoisotopic (exact) mass is 248 g/mol. The zero-order chi connectivity index (χ0) is 13.0. The lowest BCUT2D eigenvalue weighted by molar-refractivity contribution is 0.0921. The van der Waals surface area contributed by atoms with Crippen LogP contribution in [0.3, 0.4) is 0 Å². The molecule has 18 heavy (non-hydrogen) atoms. The predicted molar refractivity (Wildman–Crippen MR) is 62.6 cm³/mol. The fourth-order valence-corrected chi connectivity index (χ4v) is 1.45. The summed E-state index contributed by atoms with van der Waals surface area (Å²) in [6, 6.07) is 10.8. The van der Waals surface area contributed by atoms with E-state index in [1.807, 2.05) is 0 Å². The molecule has 0 aliphatic rings. The van der Waals surface area contributed by atoms with Gasteiger partial charge in [0.05, 0.1) is 0 Å². The van der Waals surface area contributed by atoms with Crippen molar-refractivity contribution in [1.29, 1.82) is 0 Å². The third-order valence-electron chi connectivity index (χ3n) is 2.31. The van der Waals surface area contributed by atoms with Crippen LogP contribution in [0, 0.1) is 11.6 Å². The van der Waals surface area contributed by atoms with Crippen molar-refractivity contribution in [3.05, 3.63) is 65.7 Å². The first-order chi connectivity index (χ1) is 8.65. The molecule has 2 rings (SSSR count). The summed E-state index contributed by atoms with van der Waals surface area (Å²) >= 11 is 0. The fourth-order valence-electron chi connectivity index (χ4n) is 1.45. The molecule has 0 heterocycles. The van der Waals surface area contributed by atoms with Crippen LogP contribution >= 0.6 is 0 Å². The van der Waals surface area contributed by atoms with Gasteiger partial charge in [-0.2, -0.15) is 0 Å². The van der Waals surface area contributed by atoms with E-state index in [1.54, 1.807) is 6.07 Å². The molecule has 2 aromatic carbocycles. The Morgan fingerprint density at radius 1 is 1.00 bits per heavy atom. The molecule has 0 spiro atoms. The van der Waals surface area contributed by atoms with E-state index < -0.39 is 11.6 Å². The van der Waals surface area contributed by atoms with Gasteiger partial charge >= 0.3 is 0 Å². The van der Waals surface area contributed by atoms with Crippen molar-refractivity contribution in [2.24, 2.45) is 0 Å². The molecule has 0 saturated heterocycles. The van der Waals surface area contributed by atoms with Gasteiger partial charge in [0.25, 0.3) is 0 Å². The third kappa shape index (κ3) is 3.13. The van der Waals surface area contributed by atoms with Gasteiger partial charge in [-0.15, -0.1) is 0 Å². The molecule has 2 aromatic rings. The average molecular weight is 248 g/mol. The summed E-state index contributed by atoms with van der Waals surface area (Å²) in [5.74, 6) is -1.02. The Bertz CT molecular complexity index is 567. The molecule has 2 nitrogen and oxygen atoms in total. The van der Waals surface area contributed by atoms with Gasteiger partial charge in [-0.1, -0.05) is 18.2 Å². The van der Waals surface area contributed by atoms with Gasteiger partial charge in [-0.25, -0.2) is 8.78 Å². The first kappa shape index (κ1) is 12.2. The minimum Gasteiger partial charge on any atom is -0.485 e. The molecular weight excluding hydrogens is 238 g/mol. The molecule has 0 atom stereocenters. The first-order valence-electron chi connectivity index (χ1n) is 5.32. The van der Waals surface area contributed by atoms with Crippen LogP contribution in [-0.2, 0) is 0 Å². The maximum absolute atomic E-state index is 12.9. The van der Waals surface area contributed by atoms with E-state index in [9.17, 15) is 13.6 Å². The summed E-state index contributed by atoms with van der Waals surface area (Å²) in [6.07, 6.45) is 0. The van der Waals surface area contributed by atoms with Crippen LogP contribution in [-0.4, -0.2) is 12.4 Å². The highest BCUT2D eigenvalue weighted by Crippen LogP contribution is 2.12. The molecule has 0 radical (unpaired) electrons. The molecule has 92 valence electrons. The maximum atomic E-state index is 12.9. The first-order valence-corrected chi connectivity index (χ1v) is 5.32. The zero-order valence-electron chi connectivity index (χ0n) is 9.40. The van der Waals surface area contributed by atoms with Crippen molar-refractivity contribution in [2.45, 2.75) is 0 Å². The van der Waals surface area contributed by atoms with Crippen LogP contribution in [0.2, 0.25) is 0 Å². The summed E-state index contributed by atoms with van der Waals surface area (Å²) in [7, 11) is 0. The molecule has 0 aliphatic carbocycles. The van der Waals surface area contributed by atoms with Crippen LogP contribution in [0.1, 0.15) is 10.4 Å². The van der Waals surface area contributed by atoms with Crippen LogP contribution in [0.5, 0.6) is 5.75 Å². The maximum Gasteiger partial charge on any atom is 0.200 e. The van der Waals surface area contributed by atoms with Gasteiger partial charge in [0.2, 0.25) is 0 Å². The average Bonchev–Trinajstić information content (AvgIpc) is 2.36. The topological polar surface area (TPSA) is 26.3 Å². The number of halogens is 2. The van der Waals surface area contributed by atoms with Crippen LogP contribution in [0.25, 0.3) is 0 Å². The summed E-state index contributed by atoms with van der Waals surface area (Å²) < 4.78 is 30.9. The Hall–Kier alpha value is -2.23. The number of benzene rings is 2. The summed E-state index contributed by atoms with van der Waals surface area (Å²) in [4.78, 5) is 11.7. The Balaban J connectivity index is 2.00. The number of Topliss-reactive ketones (excluding diaryl/α,β-unsaturated/α-hetero) is 1. The van der Waals surface area contributed by atoms with E-state index in [-0.39, 0.29) is 23.7 Å². The number of carbonyl (C=O) groups excluding carboxylic acids is 1. The second kappa shape index (κ2) is 5.40. The molecule has 0 aromatic heterocycles. The lowest BCUT2D eigenvalue weighted by atomic mass is 10.1. The standard InChI is InChI=1S/C14H10F2O2/c15-11-4-1-3-10(7-11)14(17)9-18-13-6-2-5-12(16)8-13/h1-8H,9H2. The molecule has 0 amide bonds. The van der Waals surface area contributed by atoms with E-state index in [0.29, 0.717) is 0 Å². The van der Waals surface area contributed by atoms with Crippen molar-refractivity contribution in [1.82, 2.24) is 0 Å². The van der Waals surface area contributed by atoms with E-state index in [2.05, 4.69) is 0 Å². The molecule has 0 N–H and O–H groups in total. The molecular formula is C14H10F2O2. The SMILES string of the molecule is O=C(COc1cccc(F)c1)c1cccc(F)c1. The fraction of sp³-hybridized carbons (Fsp3) is 0.0714. The molecule has 0 fully saturated rings. The van der Waals surface area contributed by atoms with Gasteiger partial charge in [0, 0.05) is 11.6 Å². The van der Waals surface area contributed by atoms with E-state index in [1.165, 1.54) is 36.4 Å². The Morgan fingerprint density at radius 2 is 1.67 bits per heavy atom. The van der Waals surface area contributed by atoms with Crippen LogP contribution in [0.4, 0.5) is 8.78 Å². The van der Waals surface area contributed by atoms with Crippen molar-refractivity contribution < 1.29 is 18.3 Å². The van der Waals surface area contributed by atoms with Crippen molar-refractivity contribution >= 4 is 5.78 Å². The number of rotatable bonds is 4. The second-order valence-corrected chi connectivity index (χ2v) is 3.68. The largest absolute Gasteiger partial charge is 0.485 e. The number of ketones is 1. The molecule has 0 saturated carbocycles. The van der Waals surface area contributed by atoms with Crippen molar-refractivity contribution in [2.75, 3.05) is 6.61 Å². The summed E-state index contributed by atoms with van der Waals surface area (Å²) in [6.45, 7) is -0.257. The molecule has 4 heteroatoms. The van der Waals surface area contributed by atoms with E-state index in [4.69, 9.17) is 4.74 Å². The molecule has 0 aliphatic heterocycles. The van der Waals surface area contributed by atoms with E-state index in [0.717, 1.165) is 6.07 Å². The lowest BCUT2D eigenvalue weighted by Gasteiger charge is -2.05. The molecule has 0 bridgehead atoms. The summed E-state index contributed by atoms with van der Waals surface area (Å²) in [5, 5.41) is 0. The van der Waals surface area contributed by atoms with Gasteiger partial charge in [-0.05, 0) is 24.3 Å². The van der Waals surface area contributed by atoms with Gasteiger partial charge in [0.1, 0.15) is 17.4 Å². The number of carbonyl (C=O) groups is 1. The minimum atomic E-state index is -0.480. The number of ether oxygens (including phenoxy) is 1. The lowest BCUT2D eigenvalue weighted by Crippen LogP contribution is -2.11. The third-order valence-corrected chi connectivity index (χ3v) is 2.31. The Morgan fingerprint density at radius 3 is 2.33 bits per heavy atom. The van der Waals surface area contributed by atoms with Crippen LogP contribution < -0.4 is 4.74 Å². The number of hydrogen-bond acceptors (Lipinski definition) is 2. The highest BCUT2D eigenvalue weighted by Gasteiger charge is 2.07. The normalized spacial score (nSPS) is 10.1. The zero-order valence-corrected chi connectivity index (χ0v) is 9.40. The molecule has 0 unspecified atom stereocenters. The summed E-state index contributed by atoms with van der Waals surface area (Å²) in [5.41, 5.74) is 0.228. The smallest absolute Gasteiger partial charge is 0.200 e. The Kier molecular flexibility index (Phi) is 3.67. The highest BCUT2D eigenvalue weighted by molar-refractivity contribution is 5.97.